The number of ether oxygens (including phenoxy) is 1. The van der Waals surface area contributed by atoms with Crippen molar-refractivity contribution >= 4 is 29.5 Å². The summed E-state index contributed by atoms with van der Waals surface area (Å²) in [6.45, 7) is 0.755. The van der Waals surface area contributed by atoms with Crippen LogP contribution in [0.4, 0.5) is 0 Å². The molecule has 1 aliphatic rings. The van der Waals surface area contributed by atoms with Crippen molar-refractivity contribution in [2.75, 3.05) is 13.7 Å². The van der Waals surface area contributed by atoms with Gasteiger partial charge in [0, 0.05) is 6.54 Å². The highest BCUT2D eigenvalue weighted by atomic mass is 35.5. The lowest BCUT2D eigenvalue weighted by Gasteiger charge is -2.28. The van der Waals surface area contributed by atoms with Crippen LogP contribution in [-0.4, -0.2) is 29.9 Å². The molecule has 0 amide bonds. The van der Waals surface area contributed by atoms with Gasteiger partial charge < -0.3 is 10.5 Å². The zero-order valence-corrected chi connectivity index (χ0v) is 11.4. The maximum Gasteiger partial charge on any atom is 0.308 e. The van der Waals surface area contributed by atoms with Crippen molar-refractivity contribution in [3.8, 4) is 0 Å². The van der Waals surface area contributed by atoms with E-state index in [0.29, 0.717) is 5.92 Å². The average molecular weight is 284 g/mol. The normalized spacial score (nSPS) is 26.9. The van der Waals surface area contributed by atoms with Gasteiger partial charge in [-0.3, -0.25) is 10.1 Å². The molecular formula is C10H19Cl2N3O2. The van der Waals surface area contributed by atoms with E-state index in [0.717, 1.165) is 36.2 Å². The molecule has 0 aromatic rings. The van der Waals surface area contributed by atoms with E-state index in [1.54, 1.807) is 0 Å². The molecule has 0 bridgehead atoms. The third-order valence-electron chi connectivity index (χ3n) is 3.21. The number of carbonyl (C=O) groups excluding carboxylic acids is 1. The summed E-state index contributed by atoms with van der Waals surface area (Å²) in [5.41, 5.74) is 5.61. The Kier molecular flexibility index (Phi) is 6.51. The summed E-state index contributed by atoms with van der Waals surface area (Å²) >= 11 is 11.0. The zero-order valence-electron chi connectivity index (χ0n) is 9.86. The monoisotopic (exact) mass is 283 g/mol. The lowest BCUT2D eigenvalue weighted by molar-refractivity contribution is -0.146. The number of rotatable bonds is 5. The number of carbonyl (C=O) groups is 1. The number of methoxy groups -OCH3 is 1. The van der Waals surface area contributed by atoms with Crippen LogP contribution in [0.3, 0.4) is 0 Å². The Morgan fingerprint density at radius 1 is 1.47 bits per heavy atom. The number of nitrogens with zero attached hydrogens (tertiary/aromatic N) is 1. The molecule has 0 spiro atoms. The molecule has 0 radical (unpaired) electrons. The molecule has 1 atom stereocenters. The molecule has 1 saturated carbocycles. The molecule has 1 fully saturated rings. The summed E-state index contributed by atoms with van der Waals surface area (Å²) in [6.07, 6.45) is 3.17. The van der Waals surface area contributed by atoms with Gasteiger partial charge in [0.2, 0.25) is 0 Å². The van der Waals surface area contributed by atoms with Crippen molar-refractivity contribution in [3.05, 3.63) is 0 Å². The molecule has 0 aromatic carbocycles. The van der Waals surface area contributed by atoms with Crippen LogP contribution in [0.25, 0.3) is 0 Å². The van der Waals surface area contributed by atoms with E-state index in [1.165, 1.54) is 7.11 Å². The second-order valence-corrected chi connectivity index (χ2v) is 5.25. The second kappa shape index (κ2) is 7.38. The molecule has 1 aliphatic carbocycles. The minimum absolute atomic E-state index is 0.0578. The summed E-state index contributed by atoms with van der Waals surface area (Å²) in [5.74, 6) is 0.471. The molecule has 0 heterocycles. The van der Waals surface area contributed by atoms with Crippen LogP contribution in [-0.2, 0) is 9.53 Å². The summed E-state index contributed by atoms with van der Waals surface area (Å²) in [7, 11) is 1.44. The molecule has 0 aromatic heterocycles. The zero-order chi connectivity index (χ0) is 12.8. The third kappa shape index (κ3) is 4.97. The van der Waals surface area contributed by atoms with Gasteiger partial charge in [-0.25, -0.2) is 0 Å². The van der Waals surface area contributed by atoms with Crippen LogP contribution in [0, 0.1) is 11.8 Å². The van der Waals surface area contributed by atoms with Gasteiger partial charge >= 0.3 is 5.97 Å². The van der Waals surface area contributed by atoms with E-state index in [1.807, 2.05) is 0 Å². The largest absolute Gasteiger partial charge is 0.469 e. The maximum absolute atomic E-state index is 11.3. The number of hydrogen-bond donors (Lipinski definition) is 2. The van der Waals surface area contributed by atoms with Crippen molar-refractivity contribution < 1.29 is 9.53 Å². The summed E-state index contributed by atoms with van der Waals surface area (Å²) in [6, 6.07) is 0. The van der Waals surface area contributed by atoms with Gasteiger partial charge in [0.25, 0.3) is 0 Å². The van der Waals surface area contributed by atoms with E-state index in [9.17, 15) is 4.79 Å². The highest BCUT2D eigenvalue weighted by Crippen LogP contribution is 2.29. The second-order valence-electron chi connectivity index (χ2n) is 4.35. The highest BCUT2D eigenvalue weighted by Gasteiger charge is 2.27. The standard InChI is InChI=1S/C10H19Cl2N3O2/c1-17-9(16)8-4-2-7(3-5-8)6-14-10(13)15(11)12/h7-8,10,14H,2-6,13H2,1H3. The van der Waals surface area contributed by atoms with E-state index >= 15 is 0 Å². The molecule has 1 rings (SSSR count). The van der Waals surface area contributed by atoms with Crippen molar-refractivity contribution in [3.63, 3.8) is 0 Å². The Hall–Kier alpha value is -0.0700. The molecule has 0 saturated heterocycles. The van der Waals surface area contributed by atoms with Gasteiger partial charge in [-0.05, 0) is 55.2 Å². The fourth-order valence-electron chi connectivity index (χ4n) is 2.13. The van der Waals surface area contributed by atoms with Crippen LogP contribution in [0.15, 0.2) is 0 Å². The van der Waals surface area contributed by atoms with E-state index in [-0.39, 0.29) is 11.9 Å². The Morgan fingerprint density at radius 3 is 2.53 bits per heavy atom. The van der Waals surface area contributed by atoms with E-state index < -0.39 is 6.29 Å². The number of halogens is 2. The van der Waals surface area contributed by atoms with Gasteiger partial charge in [-0.15, -0.1) is 0 Å². The van der Waals surface area contributed by atoms with E-state index in [2.05, 4.69) is 5.32 Å². The van der Waals surface area contributed by atoms with Gasteiger partial charge in [0.15, 0.2) is 0 Å². The van der Waals surface area contributed by atoms with Crippen molar-refractivity contribution in [1.82, 2.24) is 9.25 Å². The molecule has 1 unspecified atom stereocenters. The first-order valence-electron chi connectivity index (χ1n) is 5.72. The topological polar surface area (TPSA) is 67.6 Å². The third-order valence-corrected chi connectivity index (χ3v) is 3.63. The fraction of sp³-hybridized carbons (Fsp3) is 0.900. The van der Waals surface area contributed by atoms with Crippen LogP contribution in [0.5, 0.6) is 0 Å². The first-order valence-corrected chi connectivity index (χ1v) is 6.39. The van der Waals surface area contributed by atoms with Gasteiger partial charge in [-0.2, -0.15) is 0 Å². The van der Waals surface area contributed by atoms with Crippen LogP contribution in [0.2, 0.25) is 0 Å². The molecule has 100 valence electrons. The Labute approximate surface area is 112 Å². The lowest BCUT2D eigenvalue weighted by Crippen LogP contribution is -2.46. The molecule has 7 heteroatoms. The molecule has 17 heavy (non-hydrogen) atoms. The van der Waals surface area contributed by atoms with E-state index in [4.69, 9.17) is 34.0 Å². The number of nitrogens with one attached hydrogen (secondary N) is 1. The van der Waals surface area contributed by atoms with Gasteiger partial charge in [0.1, 0.15) is 6.29 Å². The average Bonchev–Trinajstić information content (AvgIpc) is 2.35. The minimum Gasteiger partial charge on any atom is -0.469 e. The Morgan fingerprint density at radius 2 is 2.06 bits per heavy atom. The van der Waals surface area contributed by atoms with Gasteiger partial charge in [0.05, 0.1) is 13.0 Å². The summed E-state index contributed by atoms with van der Waals surface area (Å²) < 4.78 is 5.63. The summed E-state index contributed by atoms with van der Waals surface area (Å²) in [5, 5.41) is 3.03. The molecule has 0 aliphatic heterocycles. The lowest BCUT2D eigenvalue weighted by atomic mass is 9.82. The fourth-order valence-corrected chi connectivity index (χ4v) is 2.26. The van der Waals surface area contributed by atoms with Crippen LogP contribution >= 0.6 is 23.6 Å². The molecule has 3 N–H and O–H groups in total. The number of nitrogens with two attached hydrogens (primary N) is 1. The quantitative estimate of drug-likeness (QED) is 0.454. The Bertz CT molecular complexity index is 246. The van der Waals surface area contributed by atoms with Crippen molar-refractivity contribution in [2.45, 2.75) is 32.0 Å². The van der Waals surface area contributed by atoms with Gasteiger partial charge in [-0.1, -0.05) is 3.94 Å². The summed E-state index contributed by atoms with van der Waals surface area (Å²) in [4.78, 5) is 11.3. The van der Waals surface area contributed by atoms with Crippen molar-refractivity contribution in [2.24, 2.45) is 17.6 Å². The smallest absolute Gasteiger partial charge is 0.308 e. The first-order chi connectivity index (χ1) is 8.04. The van der Waals surface area contributed by atoms with Crippen LogP contribution < -0.4 is 11.1 Å². The first kappa shape index (κ1) is 15.0. The number of esters is 1. The molecular weight excluding hydrogens is 265 g/mol. The SMILES string of the molecule is COC(=O)C1CCC(CNC(N)N(Cl)Cl)CC1. The van der Waals surface area contributed by atoms with Crippen molar-refractivity contribution in [1.29, 1.82) is 0 Å². The number of hydrogen-bond acceptors (Lipinski definition) is 5. The maximum atomic E-state index is 11.3. The minimum atomic E-state index is -0.559. The molecule has 5 nitrogen and oxygen atoms in total. The highest BCUT2D eigenvalue weighted by molar-refractivity contribution is 6.33. The van der Waals surface area contributed by atoms with Crippen LogP contribution in [0.1, 0.15) is 25.7 Å². The predicted octanol–water partition coefficient (Wildman–Crippen LogP) is 1.41. The predicted molar refractivity (Wildman–Crippen MR) is 67.0 cm³/mol. The Balaban J connectivity index is 2.21.